The van der Waals surface area contributed by atoms with E-state index in [0.717, 1.165) is 43.7 Å². The van der Waals surface area contributed by atoms with Crippen LogP contribution < -0.4 is 15.0 Å². The Morgan fingerprint density at radius 3 is 2.84 bits per heavy atom. The Balaban J connectivity index is 2.07. The molecule has 0 radical (unpaired) electrons. The van der Waals surface area contributed by atoms with Gasteiger partial charge in [-0.25, -0.2) is 4.98 Å². The molecule has 0 unspecified atom stereocenters. The molecule has 0 aliphatic carbocycles. The number of nitrogens with one attached hydrogen (secondary N) is 1. The van der Waals surface area contributed by atoms with Crippen LogP contribution in [0.4, 0.5) is 5.82 Å². The second-order valence-corrected chi connectivity index (χ2v) is 4.99. The average molecular weight is 263 g/mol. The summed E-state index contributed by atoms with van der Waals surface area (Å²) >= 11 is 0. The largest absolute Gasteiger partial charge is 0.490 e. The van der Waals surface area contributed by atoms with Gasteiger partial charge < -0.3 is 15.0 Å². The smallest absolute Gasteiger partial charge is 0.171 e. The van der Waals surface area contributed by atoms with Gasteiger partial charge in [-0.3, -0.25) is 0 Å². The highest BCUT2D eigenvalue weighted by Gasteiger charge is 2.19. The van der Waals surface area contributed by atoms with Crippen LogP contribution in [0.1, 0.15) is 26.7 Å². The molecule has 4 nitrogen and oxygen atoms in total. The summed E-state index contributed by atoms with van der Waals surface area (Å²) in [7, 11) is 0. The van der Waals surface area contributed by atoms with Crippen molar-refractivity contribution in [1.29, 1.82) is 0 Å². The number of nitrogens with zero attached hydrogens (tertiary/aromatic N) is 2. The van der Waals surface area contributed by atoms with E-state index in [2.05, 4.69) is 22.1 Å². The van der Waals surface area contributed by atoms with Gasteiger partial charge in [0, 0.05) is 19.3 Å². The minimum Gasteiger partial charge on any atom is -0.490 e. The van der Waals surface area contributed by atoms with E-state index in [1.54, 1.807) is 0 Å². The predicted octanol–water partition coefficient (Wildman–Crippen LogP) is 2.31. The van der Waals surface area contributed by atoms with Gasteiger partial charge in [-0.15, -0.1) is 0 Å². The highest BCUT2D eigenvalue weighted by atomic mass is 16.5. The molecule has 19 heavy (non-hydrogen) atoms. The molecule has 1 saturated heterocycles. The van der Waals surface area contributed by atoms with E-state index < -0.39 is 0 Å². The van der Waals surface area contributed by atoms with Gasteiger partial charge in [-0.1, -0.05) is 0 Å². The first-order valence-corrected chi connectivity index (χ1v) is 7.38. The fourth-order valence-corrected chi connectivity index (χ4v) is 2.63. The SMILES string of the molecule is CCOc1cccnc1N(CC)CC1CCNCC1. The van der Waals surface area contributed by atoms with E-state index in [1.807, 2.05) is 25.3 Å². The second-order valence-electron chi connectivity index (χ2n) is 4.99. The molecule has 0 saturated carbocycles. The molecule has 0 amide bonds. The van der Waals surface area contributed by atoms with Crippen LogP contribution in [0.3, 0.4) is 0 Å². The maximum absolute atomic E-state index is 5.69. The first-order chi connectivity index (χ1) is 9.35. The monoisotopic (exact) mass is 263 g/mol. The highest BCUT2D eigenvalue weighted by Crippen LogP contribution is 2.27. The fraction of sp³-hybridized carbons (Fsp3) is 0.667. The van der Waals surface area contributed by atoms with Gasteiger partial charge in [0.15, 0.2) is 11.6 Å². The summed E-state index contributed by atoms with van der Waals surface area (Å²) in [5.74, 6) is 2.66. The molecule has 0 aromatic carbocycles. The summed E-state index contributed by atoms with van der Waals surface area (Å²) in [4.78, 5) is 6.87. The van der Waals surface area contributed by atoms with E-state index in [9.17, 15) is 0 Å². The summed E-state index contributed by atoms with van der Waals surface area (Å²) in [6.07, 6.45) is 4.36. The van der Waals surface area contributed by atoms with Crippen molar-refractivity contribution in [3.8, 4) is 5.75 Å². The molecular weight excluding hydrogens is 238 g/mol. The van der Waals surface area contributed by atoms with Crippen molar-refractivity contribution in [2.24, 2.45) is 5.92 Å². The summed E-state index contributed by atoms with van der Waals surface area (Å²) in [6, 6.07) is 3.95. The number of hydrogen-bond donors (Lipinski definition) is 1. The van der Waals surface area contributed by atoms with Gasteiger partial charge in [0.25, 0.3) is 0 Å². The molecule has 1 aromatic heterocycles. The number of rotatable bonds is 6. The lowest BCUT2D eigenvalue weighted by molar-refractivity contribution is 0.336. The van der Waals surface area contributed by atoms with Crippen LogP contribution in [-0.4, -0.2) is 37.8 Å². The molecular formula is C15H25N3O. The molecule has 0 atom stereocenters. The molecule has 0 bridgehead atoms. The lowest BCUT2D eigenvalue weighted by atomic mass is 9.97. The third-order valence-corrected chi connectivity index (χ3v) is 3.67. The Morgan fingerprint density at radius 2 is 2.16 bits per heavy atom. The molecule has 0 spiro atoms. The van der Waals surface area contributed by atoms with Gasteiger partial charge in [0.2, 0.25) is 0 Å². The first-order valence-electron chi connectivity index (χ1n) is 7.38. The molecule has 1 aliphatic heterocycles. The third-order valence-electron chi connectivity index (χ3n) is 3.67. The summed E-state index contributed by atoms with van der Waals surface area (Å²) in [5.41, 5.74) is 0. The first kappa shape index (κ1) is 14.1. The lowest BCUT2D eigenvalue weighted by Crippen LogP contribution is -2.36. The molecule has 1 N–H and O–H groups in total. The van der Waals surface area contributed by atoms with Crippen molar-refractivity contribution in [2.45, 2.75) is 26.7 Å². The minimum atomic E-state index is 0.684. The van der Waals surface area contributed by atoms with Crippen LogP contribution >= 0.6 is 0 Å². The van der Waals surface area contributed by atoms with Crippen LogP contribution in [0.15, 0.2) is 18.3 Å². The molecule has 2 rings (SSSR count). The molecule has 106 valence electrons. The normalized spacial score (nSPS) is 16.3. The molecule has 4 heteroatoms. The Morgan fingerprint density at radius 1 is 1.37 bits per heavy atom. The van der Waals surface area contributed by atoms with Crippen LogP contribution in [0.25, 0.3) is 0 Å². The predicted molar refractivity (Wildman–Crippen MR) is 78.9 cm³/mol. The molecule has 2 heterocycles. The maximum atomic E-state index is 5.69. The number of piperidine rings is 1. The Kier molecular flexibility index (Phi) is 5.45. The van der Waals surface area contributed by atoms with Crippen LogP contribution in [0.2, 0.25) is 0 Å². The Hall–Kier alpha value is -1.29. The highest BCUT2D eigenvalue weighted by molar-refractivity contribution is 5.52. The summed E-state index contributed by atoms with van der Waals surface area (Å²) in [5, 5.41) is 3.42. The van der Waals surface area contributed by atoms with Gasteiger partial charge in [0.05, 0.1) is 6.61 Å². The quantitative estimate of drug-likeness (QED) is 0.854. The third kappa shape index (κ3) is 3.83. The van der Waals surface area contributed by atoms with Crippen molar-refractivity contribution >= 4 is 5.82 Å². The van der Waals surface area contributed by atoms with E-state index in [0.29, 0.717) is 6.61 Å². The van der Waals surface area contributed by atoms with Crippen molar-refractivity contribution in [3.63, 3.8) is 0 Å². The van der Waals surface area contributed by atoms with Crippen molar-refractivity contribution in [3.05, 3.63) is 18.3 Å². The molecule has 1 fully saturated rings. The summed E-state index contributed by atoms with van der Waals surface area (Å²) < 4.78 is 5.69. The van der Waals surface area contributed by atoms with E-state index in [1.165, 1.54) is 12.8 Å². The van der Waals surface area contributed by atoms with Gasteiger partial charge in [-0.05, 0) is 57.8 Å². The van der Waals surface area contributed by atoms with Crippen molar-refractivity contribution in [2.75, 3.05) is 37.7 Å². The second kappa shape index (κ2) is 7.34. The average Bonchev–Trinajstić information content (AvgIpc) is 2.47. The van der Waals surface area contributed by atoms with E-state index in [4.69, 9.17) is 4.74 Å². The number of anilines is 1. The number of ether oxygens (including phenoxy) is 1. The number of hydrogen-bond acceptors (Lipinski definition) is 4. The minimum absolute atomic E-state index is 0.684. The van der Waals surface area contributed by atoms with Gasteiger partial charge in [-0.2, -0.15) is 0 Å². The number of aromatic nitrogens is 1. The zero-order valence-corrected chi connectivity index (χ0v) is 12.1. The van der Waals surface area contributed by atoms with E-state index in [-0.39, 0.29) is 0 Å². The standard InChI is InChI=1S/C15H25N3O/c1-3-18(12-13-7-10-16-11-8-13)15-14(19-4-2)6-5-9-17-15/h5-6,9,13,16H,3-4,7-8,10-12H2,1-2H3. The van der Waals surface area contributed by atoms with Crippen molar-refractivity contribution in [1.82, 2.24) is 10.3 Å². The number of pyridine rings is 1. The zero-order chi connectivity index (χ0) is 13.5. The van der Waals surface area contributed by atoms with Crippen molar-refractivity contribution < 1.29 is 4.74 Å². The van der Waals surface area contributed by atoms with Gasteiger partial charge in [0.1, 0.15) is 0 Å². The van der Waals surface area contributed by atoms with Crippen LogP contribution in [0, 0.1) is 5.92 Å². The Labute approximate surface area is 116 Å². The van der Waals surface area contributed by atoms with Crippen LogP contribution in [-0.2, 0) is 0 Å². The summed E-state index contributed by atoms with van der Waals surface area (Å²) in [6.45, 7) is 9.22. The maximum Gasteiger partial charge on any atom is 0.171 e. The van der Waals surface area contributed by atoms with Crippen LogP contribution in [0.5, 0.6) is 5.75 Å². The molecule has 1 aromatic rings. The van der Waals surface area contributed by atoms with E-state index >= 15 is 0 Å². The Bertz CT molecular complexity index is 377. The fourth-order valence-electron chi connectivity index (χ4n) is 2.63. The van der Waals surface area contributed by atoms with Gasteiger partial charge >= 0.3 is 0 Å². The lowest BCUT2D eigenvalue weighted by Gasteiger charge is -2.30. The molecule has 1 aliphatic rings. The topological polar surface area (TPSA) is 37.4 Å². The zero-order valence-electron chi connectivity index (χ0n) is 12.1.